The summed E-state index contributed by atoms with van der Waals surface area (Å²) in [6, 6.07) is 6.35. The van der Waals surface area contributed by atoms with E-state index in [-0.39, 0.29) is 6.10 Å². The molecule has 1 aromatic rings. The van der Waals surface area contributed by atoms with Crippen LogP contribution in [0.1, 0.15) is 69.1 Å². The predicted octanol–water partition coefficient (Wildman–Crippen LogP) is 5.63. The number of unbranched alkanes of at least 4 members (excludes halogenated alkanes) is 2. The molecule has 108 valence electrons. The second-order valence-electron chi connectivity index (χ2n) is 6.24. The molecule has 20 heavy (non-hydrogen) atoms. The third-order valence-electron chi connectivity index (χ3n) is 4.88. The Balaban J connectivity index is 1.76. The lowest BCUT2D eigenvalue weighted by Crippen LogP contribution is -2.10. The van der Waals surface area contributed by atoms with Crippen molar-refractivity contribution in [3.8, 4) is 0 Å². The van der Waals surface area contributed by atoms with E-state index in [2.05, 4.69) is 41.1 Å². The minimum absolute atomic E-state index is 0.355. The van der Waals surface area contributed by atoms with Crippen molar-refractivity contribution in [3.63, 3.8) is 0 Å². The highest BCUT2D eigenvalue weighted by atomic mass is 79.9. The third-order valence-corrected chi connectivity index (χ3v) is 5.37. The largest absolute Gasteiger partial charge is 0.384 e. The molecule has 0 radical (unpaired) electrons. The topological polar surface area (TPSA) is 20.2 Å². The molecular formula is C18H23BrO. The number of hydrogen-bond acceptors (Lipinski definition) is 1. The fraction of sp³-hybridized carbons (Fsp3) is 0.556. The lowest BCUT2D eigenvalue weighted by Gasteiger charge is -2.25. The summed E-state index contributed by atoms with van der Waals surface area (Å²) >= 11 is 3.52. The van der Waals surface area contributed by atoms with Gasteiger partial charge >= 0.3 is 0 Å². The van der Waals surface area contributed by atoms with E-state index < -0.39 is 0 Å². The zero-order chi connectivity index (χ0) is 14.1. The van der Waals surface area contributed by atoms with Crippen LogP contribution >= 0.6 is 15.9 Å². The summed E-state index contributed by atoms with van der Waals surface area (Å²) in [5.41, 5.74) is 5.15. The maximum Gasteiger partial charge on any atom is 0.101 e. The maximum atomic E-state index is 10.6. The molecule has 0 bridgehead atoms. The molecule has 1 aromatic carbocycles. The summed E-state index contributed by atoms with van der Waals surface area (Å²) in [5, 5.41) is 10.6. The van der Waals surface area contributed by atoms with Crippen molar-refractivity contribution < 1.29 is 5.11 Å². The Hall–Kier alpha value is -0.600. The van der Waals surface area contributed by atoms with Gasteiger partial charge in [-0.25, -0.2) is 0 Å². The Morgan fingerprint density at radius 2 is 2.15 bits per heavy atom. The number of allylic oxidation sites excluding steroid dienone is 1. The summed E-state index contributed by atoms with van der Waals surface area (Å²) in [4.78, 5) is 0. The highest BCUT2D eigenvalue weighted by molar-refractivity contribution is 9.10. The van der Waals surface area contributed by atoms with Gasteiger partial charge in [0.15, 0.2) is 0 Å². The van der Waals surface area contributed by atoms with E-state index in [1.807, 2.05) is 0 Å². The molecule has 1 N–H and O–H groups in total. The van der Waals surface area contributed by atoms with Crippen molar-refractivity contribution >= 4 is 21.5 Å². The van der Waals surface area contributed by atoms with Crippen molar-refractivity contribution in [2.45, 2.75) is 58.0 Å². The summed E-state index contributed by atoms with van der Waals surface area (Å²) in [6.45, 7) is 2.26. The summed E-state index contributed by atoms with van der Waals surface area (Å²) in [6.07, 6.45) is 8.51. The Bertz CT molecular complexity index is 532. The molecule has 2 aliphatic rings. The van der Waals surface area contributed by atoms with Crippen molar-refractivity contribution in [2.75, 3.05) is 0 Å². The van der Waals surface area contributed by atoms with Crippen LogP contribution < -0.4 is 0 Å². The monoisotopic (exact) mass is 334 g/mol. The lowest BCUT2D eigenvalue weighted by molar-refractivity contribution is 0.207. The minimum atomic E-state index is -0.355. The summed E-state index contributed by atoms with van der Waals surface area (Å²) < 4.78 is 1.06. The van der Waals surface area contributed by atoms with E-state index in [0.29, 0.717) is 0 Å². The van der Waals surface area contributed by atoms with Gasteiger partial charge in [0.1, 0.15) is 6.10 Å². The van der Waals surface area contributed by atoms with Crippen LogP contribution in [0.25, 0.3) is 5.57 Å². The number of fused-ring (bicyclic) bond motifs is 2. The standard InChI is InChI=1S/C18H23BrO/c1-2-3-4-5-12-6-8-14-15-9-7-13(19)11-17(15)18(20)16(14)10-12/h7,9,11-12,18,20H,2-6,8,10H2,1H3. The molecule has 2 atom stereocenters. The van der Waals surface area contributed by atoms with E-state index in [1.165, 1.54) is 48.8 Å². The molecule has 0 saturated heterocycles. The van der Waals surface area contributed by atoms with E-state index in [9.17, 15) is 5.11 Å². The first-order valence-electron chi connectivity index (χ1n) is 7.90. The lowest BCUT2D eigenvalue weighted by atomic mass is 9.81. The molecule has 0 heterocycles. The molecular weight excluding hydrogens is 312 g/mol. The van der Waals surface area contributed by atoms with Crippen molar-refractivity contribution in [3.05, 3.63) is 39.4 Å². The smallest absolute Gasteiger partial charge is 0.101 e. The van der Waals surface area contributed by atoms with E-state index in [4.69, 9.17) is 0 Å². The van der Waals surface area contributed by atoms with Crippen molar-refractivity contribution in [1.29, 1.82) is 0 Å². The minimum Gasteiger partial charge on any atom is -0.384 e. The Kier molecular flexibility index (Phi) is 4.32. The van der Waals surface area contributed by atoms with Gasteiger partial charge in [-0.15, -0.1) is 0 Å². The molecule has 0 aromatic heterocycles. The first kappa shape index (κ1) is 14.3. The Morgan fingerprint density at radius 3 is 2.95 bits per heavy atom. The number of aliphatic hydroxyl groups is 1. The maximum absolute atomic E-state index is 10.6. The number of aliphatic hydroxyl groups excluding tert-OH is 1. The molecule has 2 heteroatoms. The van der Waals surface area contributed by atoms with Gasteiger partial charge < -0.3 is 5.11 Å². The van der Waals surface area contributed by atoms with E-state index >= 15 is 0 Å². The highest BCUT2D eigenvalue weighted by Crippen LogP contribution is 2.49. The van der Waals surface area contributed by atoms with Crippen molar-refractivity contribution in [1.82, 2.24) is 0 Å². The van der Waals surface area contributed by atoms with E-state index in [1.54, 1.807) is 0 Å². The van der Waals surface area contributed by atoms with Gasteiger partial charge in [0, 0.05) is 4.47 Å². The third kappa shape index (κ3) is 2.60. The first-order valence-corrected chi connectivity index (χ1v) is 8.69. The van der Waals surface area contributed by atoms with Gasteiger partial charge in [-0.1, -0.05) is 54.6 Å². The number of hydrogen-bond donors (Lipinski definition) is 1. The Labute approximate surface area is 130 Å². The second kappa shape index (κ2) is 6.03. The zero-order valence-corrected chi connectivity index (χ0v) is 13.7. The summed E-state index contributed by atoms with van der Waals surface area (Å²) in [7, 11) is 0. The zero-order valence-electron chi connectivity index (χ0n) is 12.2. The van der Waals surface area contributed by atoms with Gasteiger partial charge in [0.2, 0.25) is 0 Å². The van der Waals surface area contributed by atoms with Crippen LogP contribution in [0.5, 0.6) is 0 Å². The van der Waals surface area contributed by atoms with Crippen LogP contribution in [-0.2, 0) is 0 Å². The van der Waals surface area contributed by atoms with Crippen LogP contribution in [-0.4, -0.2) is 5.11 Å². The highest BCUT2D eigenvalue weighted by Gasteiger charge is 2.33. The fourth-order valence-electron chi connectivity index (χ4n) is 3.78. The number of benzene rings is 1. The van der Waals surface area contributed by atoms with Gasteiger partial charge in [-0.3, -0.25) is 0 Å². The number of halogens is 1. The molecule has 3 rings (SSSR count). The average Bonchev–Trinajstić information content (AvgIpc) is 2.72. The Morgan fingerprint density at radius 1 is 1.30 bits per heavy atom. The molecule has 0 fully saturated rings. The molecule has 0 amide bonds. The normalized spacial score (nSPS) is 24.8. The van der Waals surface area contributed by atoms with Crippen LogP contribution in [0.4, 0.5) is 0 Å². The van der Waals surface area contributed by atoms with Gasteiger partial charge in [-0.05, 0) is 59.6 Å². The molecule has 2 unspecified atom stereocenters. The average molecular weight is 335 g/mol. The van der Waals surface area contributed by atoms with Gasteiger partial charge in [0.05, 0.1) is 0 Å². The molecule has 1 nitrogen and oxygen atoms in total. The second-order valence-corrected chi connectivity index (χ2v) is 7.16. The molecule has 0 saturated carbocycles. The SMILES string of the molecule is CCCCCC1CCC2=C(C1)C(O)c1cc(Br)ccc12. The van der Waals surface area contributed by atoms with E-state index in [0.717, 1.165) is 28.8 Å². The van der Waals surface area contributed by atoms with Crippen molar-refractivity contribution in [2.24, 2.45) is 5.92 Å². The van der Waals surface area contributed by atoms with Crippen LogP contribution in [0.15, 0.2) is 28.2 Å². The molecule has 0 aliphatic heterocycles. The van der Waals surface area contributed by atoms with Crippen LogP contribution in [0, 0.1) is 5.92 Å². The van der Waals surface area contributed by atoms with Gasteiger partial charge in [-0.2, -0.15) is 0 Å². The molecule has 2 aliphatic carbocycles. The fourth-order valence-corrected chi connectivity index (χ4v) is 4.16. The van der Waals surface area contributed by atoms with Crippen LogP contribution in [0.3, 0.4) is 0 Å². The molecule has 0 spiro atoms. The number of rotatable bonds is 4. The predicted molar refractivity (Wildman–Crippen MR) is 87.5 cm³/mol. The van der Waals surface area contributed by atoms with Crippen LogP contribution in [0.2, 0.25) is 0 Å². The summed E-state index contributed by atoms with van der Waals surface area (Å²) in [5.74, 6) is 0.785. The van der Waals surface area contributed by atoms with Gasteiger partial charge in [0.25, 0.3) is 0 Å². The first-order chi connectivity index (χ1) is 9.70. The quantitative estimate of drug-likeness (QED) is 0.707.